The van der Waals surface area contributed by atoms with Gasteiger partial charge in [0.25, 0.3) is 0 Å². The SMILES string of the molecule is C=C(CC(C)CC(=C)C(=C)N)CC(C)CC(C)CC. The quantitative estimate of drug-likeness (QED) is 0.411. The fourth-order valence-corrected chi connectivity index (χ4v) is 2.63. The van der Waals surface area contributed by atoms with Crippen molar-refractivity contribution in [2.75, 3.05) is 0 Å². The van der Waals surface area contributed by atoms with Gasteiger partial charge in [-0.25, -0.2) is 0 Å². The molecule has 19 heavy (non-hydrogen) atoms. The van der Waals surface area contributed by atoms with Crippen LogP contribution in [0.25, 0.3) is 0 Å². The average Bonchev–Trinajstić information content (AvgIpc) is 2.27. The third kappa shape index (κ3) is 8.69. The van der Waals surface area contributed by atoms with Gasteiger partial charge in [-0.1, -0.05) is 59.4 Å². The summed E-state index contributed by atoms with van der Waals surface area (Å²) in [5.74, 6) is 2.11. The Morgan fingerprint density at radius 1 is 0.895 bits per heavy atom. The Morgan fingerprint density at radius 3 is 1.89 bits per heavy atom. The fourth-order valence-electron chi connectivity index (χ4n) is 2.63. The molecule has 1 nitrogen and oxygen atoms in total. The molecule has 0 fully saturated rings. The van der Waals surface area contributed by atoms with E-state index in [1.165, 1.54) is 18.4 Å². The average molecular weight is 263 g/mol. The Morgan fingerprint density at radius 2 is 1.42 bits per heavy atom. The van der Waals surface area contributed by atoms with Crippen molar-refractivity contribution in [3.63, 3.8) is 0 Å². The second-order valence-electron chi connectivity index (χ2n) is 6.45. The maximum absolute atomic E-state index is 5.65. The standard InChI is InChI=1S/C18H33N/c1-8-13(2)9-14(3)10-15(4)11-16(5)12-17(6)18(7)19/h13-14,16H,4,6-12,19H2,1-3,5H3. The Hall–Kier alpha value is -0.980. The van der Waals surface area contributed by atoms with E-state index in [4.69, 9.17) is 5.73 Å². The van der Waals surface area contributed by atoms with Crippen molar-refractivity contribution in [1.82, 2.24) is 0 Å². The van der Waals surface area contributed by atoms with E-state index in [1.807, 2.05) is 0 Å². The Kier molecular flexibility index (Phi) is 8.54. The van der Waals surface area contributed by atoms with Crippen LogP contribution < -0.4 is 5.73 Å². The molecule has 0 aromatic heterocycles. The number of hydrogen-bond acceptors (Lipinski definition) is 1. The highest BCUT2D eigenvalue weighted by Gasteiger charge is 2.12. The van der Waals surface area contributed by atoms with Gasteiger partial charge < -0.3 is 5.73 Å². The van der Waals surface area contributed by atoms with Gasteiger partial charge in [-0.15, -0.1) is 0 Å². The van der Waals surface area contributed by atoms with Gasteiger partial charge in [0.15, 0.2) is 0 Å². The van der Waals surface area contributed by atoms with Crippen LogP contribution in [0, 0.1) is 17.8 Å². The molecule has 0 aromatic carbocycles. The Labute approximate surface area is 120 Å². The lowest BCUT2D eigenvalue weighted by molar-refractivity contribution is 0.396. The van der Waals surface area contributed by atoms with Crippen molar-refractivity contribution in [2.45, 2.75) is 59.8 Å². The normalized spacial score (nSPS) is 15.6. The number of allylic oxidation sites excluding steroid dienone is 2. The van der Waals surface area contributed by atoms with Gasteiger partial charge in [0.1, 0.15) is 0 Å². The molecule has 2 N–H and O–H groups in total. The number of rotatable bonds is 10. The molecule has 0 rings (SSSR count). The van der Waals surface area contributed by atoms with Crippen molar-refractivity contribution in [3.05, 3.63) is 36.6 Å². The van der Waals surface area contributed by atoms with Gasteiger partial charge in [0, 0.05) is 5.70 Å². The summed E-state index contributed by atoms with van der Waals surface area (Å²) in [6.07, 6.45) is 5.71. The molecular formula is C18H33N. The van der Waals surface area contributed by atoms with E-state index in [-0.39, 0.29) is 0 Å². The molecule has 0 saturated heterocycles. The van der Waals surface area contributed by atoms with Crippen LogP contribution >= 0.6 is 0 Å². The molecule has 0 radical (unpaired) electrons. The van der Waals surface area contributed by atoms with Gasteiger partial charge in [-0.2, -0.15) is 0 Å². The Bertz CT molecular complexity index is 314. The summed E-state index contributed by atoms with van der Waals surface area (Å²) >= 11 is 0. The largest absolute Gasteiger partial charge is 0.399 e. The van der Waals surface area contributed by atoms with E-state index in [9.17, 15) is 0 Å². The van der Waals surface area contributed by atoms with Crippen LogP contribution in [-0.4, -0.2) is 0 Å². The molecule has 0 spiro atoms. The van der Waals surface area contributed by atoms with Crippen molar-refractivity contribution in [3.8, 4) is 0 Å². The van der Waals surface area contributed by atoms with Crippen LogP contribution in [0.5, 0.6) is 0 Å². The van der Waals surface area contributed by atoms with Crippen molar-refractivity contribution < 1.29 is 0 Å². The first-order valence-corrected chi connectivity index (χ1v) is 7.55. The molecule has 1 heteroatoms. The van der Waals surface area contributed by atoms with E-state index in [1.54, 1.807) is 0 Å². The number of nitrogens with two attached hydrogens (primary N) is 1. The summed E-state index contributed by atoms with van der Waals surface area (Å²) in [6, 6.07) is 0. The Balaban J connectivity index is 4.03. The topological polar surface area (TPSA) is 26.0 Å². The maximum Gasteiger partial charge on any atom is 0.0267 e. The molecule has 0 amide bonds. The molecular weight excluding hydrogens is 230 g/mol. The summed E-state index contributed by atoms with van der Waals surface area (Å²) in [5.41, 5.74) is 8.59. The van der Waals surface area contributed by atoms with Gasteiger partial charge in [-0.05, 0) is 49.0 Å². The van der Waals surface area contributed by atoms with Crippen LogP contribution in [-0.2, 0) is 0 Å². The fraction of sp³-hybridized carbons (Fsp3) is 0.667. The molecule has 0 bridgehead atoms. The lowest BCUT2D eigenvalue weighted by Gasteiger charge is -2.19. The van der Waals surface area contributed by atoms with E-state index < -0.39 is 0 Å². The van der Waals surface area contributed by atoms with Crippen LogP contribution in [0.4, 0.5) is 0 Å². The summed E-state index contributed by atoms with van der Waals surface area (Å²) in [6.45, 7) is 21.1. The first kappa shape index (κ1) is 18.0. The van der Waals surface area contributed by atoms with Gasteiger partial charge >= 0.3 is 0 Å². The zero-order valence-electron chi connectivity index (χ0n) is 13.5. The highest BCUT2D eigenvalue weighted by Crippen LogP contribution is 2.26. The maximum atomic E-state index is 5.65. The zero-order chi connectivity index (χ0) is 15.0. The molecule has 3 unspecified atom stereocenters. The first-order chi connectivity index (χ1) is 8.76. The van der Waals surface area contributed by atoms with Crippen molar-refractivity contribution >= 4 is 0 Å². The molecule has 0 aliphatic rings. The third-order valence-corrected chi connectivity index (χ3v) is 3.82. The molecule has 0 aliphatic heterocycles. The highest BCUT2D eigenvalue weighted by atomic mass is 14.6. The summed E-state index contributed by atoms with van der Waals surface area (Å²) in [4.78, 5) is 0. The van der Waals surface area contributed by atoms with Crippen LogP contribution in [0.3, 0.4) is 0 Å². The van der Waals surface area contributed by atoms with Gasteiger partial charge in [0.05, 0.1) is 0 Å². The summed E-state index contributed by atoms with van der Waals surface area (Å²) in [7, 11) is 0. The lowest BCUT2D eigenvalue weighted by Crippen LogP contribution is -2.07. The lowest BCUT2D eigenvalue weighted by atomic mass is 9.87. The smallest absolute Gasteiger partial charge is 0.0267 e. The summed E-state index contributed by atoms with van der Waals surface area (Å²) in [5, 5.41) is 0. The minimum atomic E-state index is 0.552. The molecule has 0 aliphatic carbocycles. The highest BCUT2D eigenvalue weighted by molar-refractivity contribution is 5.22. The van der Waals surface area contributed by atoms with Crippen LogP contribution in [0.2, 0.25) is 0 Å². The second-order valence-corrected chi connectivity index (χ2v) is 6.45. The van der Waals surface area contributed by atoms with Crippen molar-refractivity contribution in [1.29, 1.82) is 0 Å². The number of hydrogen-bond donors (Lipinski definition) is 1. The second kappa shape index (κ2) is 9.01. The first-order valence-electron chi connectivity index (χ1n) is 7.55. The molecule has 3 atom stereocenters. The van der Waals surface area contributed by atoms with E-state index >= 15 is 0 Å². The molecule has 0 saturated carbocycles. The minimum Gasteiger partial charge on any atom is -0.399 e. The minimum absolute atomic E-state index is 0.552. The van der Waals surface area contributed by atoms with Gasteiger partial charge in [0.2, 0.25) is 0 Å². The van der Waals surface area contributed by atoms with E-state index in [2.05, 4.69) is 47.4 Å². The predicted molar refractivity (Wildman–Crippen MR) is 87.9 cm³/mol. The molecule has 0 heterocycles. The zero-order valence-corrected chi connectivity index (χ0v) is 13.5. The summed E-state index contributed by atoms with van der Waals surface area (Å²) < 4.78 is 0. The van der Waals surface area contributed by atoms with Crippen LogP contribution in [0.15, 0.2) is 36.6 Å². The van der Waals surface area contributed by atoms with E-state index in [0.717, 1.165) is 36.7 Å². The van der Waals surface area contributed by atoms with Crippen LogP contribution in [0.1, 0.15) is 59.8 Å². The third-order valence-electron chi connectivity index (χ3n) is 3.82. The molecule has 110 valence electrons. The van der Waals surface area contributed by atoms with Gasteiger partial charge in [-0.3, -0.25) is 0 Å². The van der Waals surface area contributed by atoms with Crippen molar-refractivity contribution in [2.24, 2.45) is 23.5 Å². The molecule has 0 aromatic rings. The predicted octanol–water partition coefficient (Wildman–Crippen LogP) is 5.45. The van der Waals surface area contributed by atoms with E-state index in [0.29, 0.717) is 11.6 Å². The monoisotopic (exact) mass is 263 g/mol.